The summed E-state index contributed by atoms with van der Waals surface area (Å²) < 4.78 is 10.9. The number of amides is 1. The van der Waals surface area contributed by atoms with Gasteiger partial charge in [-0.05, 0) is 63.3 Å². The van der Waals surface area contributed by atoms with Crippen LogP contribution in [-0.4, -0.2) is 31.8 Å². The molecule has 1 aliphatic rings. The van der Waals surface area contributed by atoms with E-state index in [-0.39, 0.29) is 11.9 Å². The predicted molar refractivity (Wildman–Crippen MR) is 93.0 cm³/mol. The van der Waals surface area contributed by atoms with Gasteiger partial charge in [-0.25, -0.2) is 0 Å². The average Bonchev–Trinajstić information content (AvgIpc) is 3.40. The van der Waals surface area contributed by atoms with Crippen LogP contribution >= 0.6 is 0 Å². The molecule has 4 nitrogen and oxygen atoms in total. The van der Waals surface area contributed by atoms with Crippen LogP contribution in [0.25, 0.3) is 0 Å². The van der Waals surface area contributed by atoms with Gasteiger partial charge in [0, 0.05) is 18.3 Å². The Bertz CT molecular complexity index is 496. The molecule has 0 spiro atoms. The molecule has 1 aromatic rings. The van der Waals surface area contributed by atoms with E-state index in [0.717, 1.165) is 24.3 Å². The van der Waals surface area contributed by atoms with Crippen LogP contribution in [0, 0.1) is 5.92 Å². The Hall–Kier alpha value is -1.55. The Morgan fingerprint density at radius 2 is 1.91 bits per heavy atom. The lowest BCUT2D eigenvalue weighted by atomic mass is 10.1. The van der Waals surface area contributed by atoms with Crippen molar-refractivity contribution in [3.05, 3.63) is 24.3 Å². The third-order valence-corrected chi connectivity index (χ3v) is 4.51. The van der Waals surface area contributed by atoms with Gasteiger partial charge in [0.25, 0.3) is 5.91 Å². The van der Waals surface area contributed by atoms with E-state index in [9.17, 15) is 4.79 Å². The summed E-state index contributed by atoms with van der Waals surface area (Å²) in [6.45, 7) is 6.75. The van der Waals surface area contributed by atoms with Gasteiger partial charge in [-0.3, -0.25) is 4.79 Å². The highest BCUT2D eigenvalue weighted by Crippen LogP contribution is 2.37. The van der Waals surface area contributed by atoms with Crippen molar-refractivity contribution in [3.8, 4) is 5.75 Å². The largest absolute Gasteiger partial charge is 0.497 e. The van der Waals surface area contributed by atoms with E-state index in [4.69, 9.17) is 9.47 Å². The van der Waals surface area contributed by atoms with Crippen LogP contribution in [0.2, 0.25) is 0 Å². The summed E-state index contributed by atoms with van der Waals surface area (Å²) in [5.41, 5.74) is 0.918. The number of benzene rings is 1. The minimum atomic E-state index is -0.412. The van der Waals surface area contributed by atoms with Crippen LogP contribution in [0.15, 0.2) is 24.3 Å². The lowest BCUT2D eigenvalue weighted by Crippen LogP contribution is -2.45. The number of carbonyl (C=O) groups excluding carboxylic acids is 1. The number of carbonyl (C=O) groups is 1. The third kappa shape index (κ3) is 4.71. The van der Waals surface area contributed by atoms with E-state index in [1.54, 1.807) is 7.11 Å². The highest BCUT2D eigenvalue weighted by Gasteiger charge is 2.36. The number of methoxy groups -OCH3 is 1. The fourth-order valence-electron chi connectivity index (χ4n) is 2.77. The standard InChI is InChI=1S/C19H29NO3/c1-5-6-13-23-15(3)19(21)20(14(2)16-7-8-16)17-9-11-18(22-4)12-10-17/h9-12,14-16H,5-8,13H2,1-4H3/t14-,15-/m1/s1. The minimum absolute atomic E-state index is 0.0469. The summed E-state index contributed by atoms with van der Waals surface area (Å²) in [5.74, 6) is 1.45. The average molecular weight is 319 g/mol. The maximum atomic E-state index is 12.9. The highest BCUT2D eigenvalue weighted by molar-refractivity contribution is 5.97. The van der Waals surface area contributed by atoms with Gasteiger partial charge in [0.15, 0.2) is 0 Å². The van der Waals surface area contributed by atoms with Crippen molar-refractivity contribution in [1.29, 1.82) is 0 Å². The quantitative estimate of drug-likeness (QED) is 0.645. The lowest BCUT2D eigenvalue weighted by molar-refractivity contribution is -0.129. The topological polar surface area (TPSA) is 38.8 Å². The molecule has 1 fully saturated rings. The predicted octanol–water partition coefficient (Wildman–Crippen LogP) is 4.03. The van der Waals surface area contributed by atoms with Crippen LogP contribution < -0.4 is 9.64 Å². The molecule has 0 heterocycles. The minimum Gasteiger partial charge on any atom is -0.497 e. The normalized spacial score (nSPS) is 16.7. The van der Waals surface area contributed by atoms with Crippen LogP contribution in [0.5, 0.6) is 5.75 Å². The van der Waals surface area contributed by atoms with Gasteiger partial charge in [-0.2, -0.15) is 0 Å². The Morgan fingerprint density at radius 3 is 2.43 bits per heavy atom. The molecule has 4 heteroatoms. The van der Waals surface area contributed by atoms with Crippen molar-refractivity contribution in [2.45, 2.75) is 58.6 Å². The van der Waals surface area contributed by atoms with E-state index in [1.165, 1.54) is 12.8 Å². The zero-order chi connectivity index (χ0) is 16.8. The number of anilines is 1. The summed E-state index contributed by atoms with van der Waals surface area (Å²) in [4.78, 5) is 14.8. The molecule has 128 valence electrons. The molecule has 0 unspecified atom stereocenters. The maximum absolute atomic E-state index is 12.9. The fraction of sp³-hybridized carbons (Fsp3) is 0.632. The maximum Gasteiger partial charge on any atom is 0.256 e. The van der Waals surface area contributed by atoms with Gasteiger partial charge in [-0.15, -0.1) is 0 Å². The first-order chi connectivity index (χ1) is 11.1. The SMILES string of the molecule is CCCCO[C@H](C)C(=O)N(c1ccc(OC)cc1)[C@H](C)C1CC1. The van der Waals surface area contributed by atoms with Crippen molar-refractivity contribution in [2.75, 3.05) is 18.6 Å². The van der Waals surface area contributed by atoms with Crippen molar-refractivity contribution >= 4 is 11.6 Å². The Labute approximate surface area is 139 Å². The molecule has 1 amide bonds. The van der Waals surface area contributed by atoms with Gasteiger partial charge in [0.05, 0.1) is 7.11 Å². The van der Waals surface area contributed by atoms with Gasteiger partial charge < -0.3 is 14.4 Å². The van der Waals surface area contributed by atoms with E-state index < -0.39 is 6.10 Å². The summed E-state index contributed by atoms with van der Waals surface area (Å²) >= 11 is 0. The molecule has 1 aliphatic carbocycles. The van der Waals surface area contributed by atoms with E-state index >= 15 is 0 Å². The lowest BCUT2D eigenvalue weighted by Gasteiger charge is -2.32. The molecule has 0 N–H and O–H groups in total. The van der Waals surface area contributed by atoms with Crippen LogP contribution in [0.4, 0.5) is 5.69 Å². The fourth-order valence-corrected chi connectivity index (χ4v) is 2.77. The summed E-state index contributed by atoms with van der Waals surface area (Å²) in [6.07, 6.45) is 4.04. The highest BCUT2D eigenvalue weighted by atomic mass is 16.5. The Morgan fingerprint density at radius 1 is 1.26 bits per heavy atom. The van der Waals surface area contributed by atoms with Crippen LogP contribution in [-0.2, 0) is 9.53 Å². The zero-order valence-electron chi connectivity index (χ0n) is 14.7. The number of nitrogens with zero attached hydrogens (tertiary/aromatic N) is 1. The summed E-state index contributed by atoms with van der Waals surface area (Å²) in [6, 6.07) is 7.91. The second-order valence-electron chi connectivity index (χ2n) is 6.35. The molecule has 1 aromatic carbocycles. The molecule has 0 saturated heterocycles. The van der Waals surface area contributed by atoms with Gasteiger partial charge in [0.1, 0.15) is 11.9 Å². The first kappa shape index (κ1) is 17.8. The van der Waals surface area contributed by atoms with Gasteiger partial charge in [0.2, 0.25) is 0 Å². The van der Waals surface area contributed by atoms with Gasteiger partial charge in [-0.1, -0.05) is 13.3 Å². The van der Waals surface area contributed by atoms with E-state index in [2.05, 4.69) is 13.8 Å². The zero-order valence-corrected chi connectivity index (χ0v) is 14.7. The number of unbranched alkanes of at least 4 members (excludes halogenated alkanes) is 1. The molecule has 1 saturated carbocycles. The second kappa shape index (κ2) is 8.34. The van der Waals surface area contributed by atoms with Gasteiger partial charge >= 0.3 is 0 Å². The first-order valence-corrected chi connectivity index (χ1v) is 8.67. The Balaban J connectivity index is 2.13. The van der Waals surface area contributed by atoms with Crippen molar-refractivity contribution in [3.63, 3.8) is 0 Å². The second-order valence-corrected chi connectivity index (χ2v) is 6.35. The smallest absolute Gasteiger partial charge is 0.256 e. The first-order valence-electron chi connectivity index (χ1n) is 8.67. The molecule has 0 aromatic heterocycles. The molecule has 2 atom stereocenters. The number of ether oxygens (including phenoxy) is 2. The number of rotatable bonds is 9. The molecule has 2 rings (SSSR count). The summed E-state index contributed by atoms with van der Waals surface area (Å²) in [7, 11) is 1.65. The number of hydrogen-bond donors (Lipinski definition) is 0. The van der Waals surface area contributed by atoms with Crippen LogP contribution in [0.1, 0.15) is 46.5 Å². The van der Waals surface area contributed by atoms with Crippen molar-refractivity contribution in [1.82, 2.24) is 0 Å². The molecule has 0 radical (unpaired) electrons. The third-order valence-electron chi connectivity index (χ3n) is 4.51. The van der Waals surface area contributed by atoms with Crippen LogP contribution in [0.3, 0.4) is 0 Å². The molecular weight excluding hydrogens is 290 g/mol. The molecule has 0 bridgehead atoms. The van der Waals surface area contributed by atoms with Crippen molar-refractivity contribution in [2.24, 2.45) is 5.92 Å². The summed E-state index contributed by atoms with van der Waals surface area (Å²) in [5, 5.41) is 0. The van der Waals surface area contributed by atoms with E-state index in [1.807, 2.05) is 36.1 Å². The monoisotopic (exact) mass is 319 g/mol. The molecule has 23 heavy (non-hydrogen) atoms. The molecule has 0 aliphatic heterocycles. The van der Waals surface area contributed by atoms with E-state index in [0.29, 0.717) is 12.5 Å². The Kier molecular flexibility index (Phi) is 6.46. The molecular formula is C19H29NO3. The number of hydrogen-bond acceptors (Lipinski definition) is 3. The van der Waals surface area contributed by atoms with Crippen molar-refractivity contribution < 1.29 is 14.3 Å².